The smallest absolute Gasteiger partial charge is 0.251 e. The molecule has 0 saturated carbocycles. The maximum absolute atomic E-state index is 12.7. The molecule has 0 aliphatic heterocycles. The number of fused-ring (bicyclic) bond motifs is 1. The SMILES string of the molecule is C[C@H](NC(=O)c1ccc(NC(=O)CSc2nnnn2C)cc1)c1ccc2ccccc2c1. The minimum Gasteiger partial charge on any atom is -0.346 e. The second-order valence-electron chi connectivity index (χ2n) is 7.30. The molecule has 4 aromatic rings. The highest BCUT2D eigenvalue weighted by atomic mass is 32.2. The number of carbonyl (C=O) groups is 2. The van der Waals surface area contributed by atoms with Crippen molar-refractivity contribution in [2.24, 2.45) is 7.05 Å². The number of anilines is 1. The number of aromatic nitrogens is 4. The van der Waals surface area contributed by atoms with Gasteiger partial charge in [-0.2, -0.15) is 0 Å². The third-order valence-corrected chi connectivity index (χ3v) is 5.98. The highest BCUT2D eigenvalue weighted by Gasteiger charge is 2.13. The molecule has 162 valence electrons. The van der Waals surface area contributed by atoms with Crippen molar-refractivity contribution in [3.63, 3.8) is 0 Å². The number of rotatable bonds is 7. The first-order chi connectivity index (χ1) is 15.5. The number of benzene rings is 3. The van der Waals surface area contributed by atoms with Gasteiger partial charge in [-0.05, 0) is 64.0 Å². The van der Waals surface area contributed by atoms with E-state index in [1.54, 1.807) is 31.3 Å². The zero-order chi connectivity index (χ0) is 22.5. The Kier molecular flexibility index (Phi) is 6.46. The van der Waals surface area contributed by atoms with Crippen LogP contribution in [0.2, 0.25) is 0 Å². The molecule has 0 radical (unpaired) electrons. The van der Waals surface area contributed by atoms with Crippen molar-refractivity contribution < 1.29 is 9.59 Å². The van der Waals surface area contributed by atoms with Gasteiger partial charge in [-0.25, -0.2) is 4.68 Å². The van der Waals surface area contributed by atoms with Crippen LogP contribution in [-0.2, 0) is 11.8 Å². The van der Waals surface area contributed by atoms with E-state index in [0.29, 0.717) is 16.4 Å². The number of tetrazole rings is 1. The van der Waals surface area contributed by atoms with Gasteiger partial charge in [0.25, 0.3) is 5.91 Å². The van der Waals surface area contributed by atoms with Crippen molar-refractivity contribution in [1.82, 2.24) is 25.5 Å². The van der Waals surface area contributed by atoms with E-state index in [9.17, 15) is 9.59 Å². The van der Waals surface area contributed by atoms with Crippen LogP contribution in [0.1, 0.15) is 28.9 Å². The molecule has 1 aromatic heterocycles. The second-order valence-corrected chi connectivity index (χ2v) is 8.24. The molecule has 8 nitrogen and oxygen atoms in total. The quantitative estimate of drug-likeness (QED) is 0.421. The van der Waals surface area contributed by atoms with Crippen molar-refractivity contribution >= 4 is 40.0 Å². The van der Waals surface area contributed by atoms with Crippen LogP contribution in [0.5, 0.6) is 0 Å². The van der Waals surface area contributed by atoms with Crippen molar-refractivity contribution in [2.45, 2.75) is 18.1 Å². The number of thioether (sulfide) groups is 1. The minimum absolute atomic E-state index is 0.140. The number of nitrogens with zero attached hydrogens (tertiary/aromatic N) is 4. The lowest BCUT2D eigenvalue weighted by molar-refractivity contribution is -0.113. The minimum atomic E-state index is -0.180. The normalized spacial score (nSPS) is 11.8. The Bertz CT molecular complexity index is 1250. The topological polar surface area (TPSA) is 102 Å². The number of aryl methyl sites for hydroxylation is 1. The van der Waals surface area contributed by atoms with E-state index in [4.69, 9.17) is 0 Å². The van der Waals surface area contributed by atoms with Gasteiger partial charge >= 0.3 is 0 Å². The molecule has 0 bridgehead atoms. The summed E-state index contributed by atoms with van der Waals surface area (Å²) in [4.78, 5) is 24.8. The zero-order valence-electron chi connectivity index (χ0n) is 17.6. The van der Waals surface area contributed by atoms with Crippen molar-refractivity contribution in [3.05, 3.63) is 77.9 Å². The molecule has 0 spiro atoms. The van der Waals surface area contributed by atoms with Gasteiger partial charge in [0.05, 0.1) is 11.8 Å². The molecule has 0 fully saturated rings. The predicted octanol–water partition coefficient (Wildman–Crippen LogP) is 3.59. The van der Waals surface area contributed by atoms with Crippen molar-refractivity contribution in [2.75, 3.05) is 11.1 Å². The molecule has 4 rings (SSSR count). The Balaban J connectivity index is 1.33. The molecule has 0 aliphatic rings. The van der Waals surface area contributed by atoms with Crippen LogP contribution < -0.4 is 10.6 Å². The Hall–Kier alpha value is -3.72. The van der Waals surface area contributed by atoms with Crippen LogP contribution in [0.4, 0.5) is 5.69 Å². The summed E-state index contributed by atoms with van der Waals surface area (Å²) in [6, 6.07) is 21.0. The Morgan fingerprint density at radius 2 is 1.78 bits per heavy atom. The van der Waals surface area contributed by atoms with E-state index in [-0.39, 0.29) is 23.6 Å². The van der Waals surface area contributed by atoms with E-state index >= 15 is 0 Å². The molecule has 1 heterocycles. The first-order valence-electron chi connectivity index (χ1n) is 10.0. The number of nitrogens with one attached hydrogen (secondary N) is 2. The fourth-order valence-corrected chi connectivity index (χ4v) is 3.87. The monoisotopic (exact) mass is 446 g/mol. The maximum atomic E-state index is 12.7. The van der Waals surface area contributed by atoms with Crippen LogP contribution in [0.3, 0.4) is 0 Å². The van der Waals surface area contributed by atoms with E-state index in [1.807, 2.05) is 25.1 Å². The fraction of sp³-hybridized carbons (Fsp3) is 0.174. The van der Waals surface area contributed by atoms with Crippen molar-refractivity contribution in [1.29, 1.82) is 0 Å². The summed E-state index contributed by atoms with van der Waals surface area (Å²) in [5.41, 5.74) is 2.18. The summed E-state index contributed by atoms with van der Waals surface area (Å²) >= 11 is 1.25. The van der Waals surface area contributed by atoms with E-state index in [2.05, 4.69) is 50.4 Å². The molecule has 32 heavy (non-hydrogen) atoms. The third kappa shape index (κ3) is 5.12. The first-order valence-corrected chi connectivity index (χ1v) is 11.0. The highest BCUT2D eigenvalue weighted by molar-refractivity contribution is 7.99. The number of carbonyl (C=O) groups excluding carboxylic acids is 2. The molecule has 1 atom stereocenters. The molecule has 0 unspecified atom stereocenters. The summed E-state index contributed by atoms with van der Waals surface area (Å²) in [5, 5.41) is 19.8. The number of hydrogen-bond donors (Lipinski definition) is 2. The van der Waals surface area contributed by atoms with Crippen molar-refractivity contribution in [3.8, 4) is 0 Å². The summed E-state index contributed by atoms with van der Waals surface area (Å²) in [5.74, 6) is -0.172. The summed E-state index contributed by atoms with van der Waals surface area (Å²) < 4.78 is 1.50. The Labute approximate surface area is 189 Å². The fourth-order valence-electron chi connectivity index (χ4n) is 3.22. The highest BCUT2D eigenvalue weighted by Crippen LogP contribution is 2.21. The van der Waals surface area contributed by atoms with Gasteiger partial charge < -0.3 is 10.6 Å². The van der Waals surface area contributed by atoms with E-state index < -0.39 is 0 Å². The van der Waals surface area contributed by atoms with Crippen LogP contribution in [-0.4, -0.2) is 37.8 Å². The molecule has 2 N–H and O–H groups in total. The zero-order valence-corrected chi connectivity index (χ0v) is 18.5. The third-order valence-electron chi connectivity index (χ3n) is 4.97. The summed E-state index contributed by atoms with van der Waals surface area (Å²) in [7, 11) is 1.71. The molecule has 0 aliphatic carbocycles. The largest absolute Gasteiger partial charge is 0.346 e. The van der Waals surface area contributed by atoms with Gasteiger partial charge in [0.2, 0.25) is 11.1 Å². The average Bonchev–Trinajstić information content (AvgIpc) is 3.22. The van der Waals surface area contributed by atoms with Crippen LogP contribution in [0.25, 0.3) is 10.8 Å². The standard InChI is InChI=1S/C23H22N6O2S/c1-15(18-8-7-16-5-3-4-6-19(16)13-18)24-22(31)17-9-11-20(12-10-17)25-21(30)14-32-23-26-27-28-29(23)2/h3-13,15H,14H2,1-2H3,(H,24,31)(H,25,30)/t15-/m0/s1. The van der Waals surface area contributed by atoms with Gasteiger partial charge in [-0.1, -0.05) is 48.2 Å². The molecular weight excluding hydrogens is 424 g/mol. The van der Waals surface area contributed by atoms with Crippen LogP contribution in [0.15, 0.2) is 71.9 Å². The Morgan fingerprint density at radius 1 is 1.03 bits per heavy atom. The van der Waals surface area contributed by atoms with E-state index in [1.165, 1.54) is 21.8 Å². The van der Waals surface area contributed by atoms with Gasteiger partial charge in [0.15, 0.2) is 0 Å². The van der Waals surface area contributed by atoms with Gasteiger partial charge in [0, 0.05) is 18.3 Å². The summed E-state index contributed by atoms with van der Waals surface area (Å²) in [6.07, 6.45) is 0. The Morgan fingerprint density at radius 3 is 2.50 bits per heavy atom. The lowest BCUT2D eigenvalue weighted by atomic mass is 10.0. The average molecular weight is 447 g/mol. The predicted molar refractivity (Wildman–Crippen MR) is 124 cm³/mol. The number of hydrogen-bond acceptors (Lipinski definition) is 6. The van der Waals surface area contributed by atoms with Crippen LogP contribution >= 0.6 is 11.8 Å². The maximum Gasteiger partial charge on any atom is 0.251 e. The van der Waals surface area contributed by atoms with Crippen LogP contribution in [0, 0.1) is 0 Å². The van der Waals surface area contributed by atoms with E-state index in [0.717, 1.165) is 10.9 Å². The molecule has 0 saturated heterocycles. The van der Waals surface area contributed by atoms with Gasteiger partial charge in [-0.15, -0.1) is 5.10 Å². The second kappa shape index (κ2) is 9.61. The first kappa shape index (κ1) is 21.5. The molecule has 3 aromatic carbocycles. The van der Waals surface area contributed by atoms with Gasteiger partial charge in [0.1, 0.15) is 0 Å². The van der Waals surface area contributed by atoms with Gasteiger partial charge in [-0.3, -0.25) is 9.59 Å². The number of amides is 2. The summed E-state index contributed by atoms with van der Waals surface area (Å²) in [6.45, 7) is 1.96. The lowest BCUT2D eigenvalue weighted by Gasteiger charge is -2.15. The molecule has 9 heteroatoms. The molecular formula is C23H22N6O2S. The molecule has 2 amide bonds. The lowest BCUT2D eigenvalue weighted by Crippen LogP contribution is -2.26.